The van der Waals surface area contributed by atoms with E-state index in [4.69, 9.17) is 4.55 Å². The fourth-order valence-electron chi connectivity index (χ4n) is 2.37. The van der Waals surface area contributed by atoms with Gasteiger partial charge in [-0.15, -0.1) is 0 Å². The van der Waals surface area contributed by atoms with Crippen LogP contribution in [0.1, 0.15) is 11.1 Å². The van der Waals surface area contributed by atoms with Gasteiger partial charge < -0.3 is 10.2 Å². The van der Waals surface area contributed by atoms with E-state index in [0.717, 1.165) is 17.3 Å². The minimum absolute atomic E-state index is 0.0666. The highest BCUT2D eigenvalue weighted by atomic mass is 32.2. The third-order valence-electron chi connectivity index (χ3n) is 3.74. The van der Waals surface area contributed by atoms with Crippen molar-refractivity contribution in [2.45, 2.75) is 18.4 Å². The second kappa shape index (κ2) is 9.24. The van der Waals surface area contributed by atoms with Gasteiger partial charge in [0, 0.05) is 25.8 Å². The number of hydrogen-bond donors (Lipinski definition) is 2. The van der Waals surface area contributed by atoms with E-state index in [-0.39, 0.29) is 4.90 Å². The van der Waals surface area contributed by atoms with Gasteiger partial charge in [0.1, 0.15) is 0 Å². The predicted molar refractivity (Wildman–Crippen MR) is 98.7 cm³/mol. The molecular weight excluding hydrogens is 391 g/mol. The first kappa shape index (κ1) is 21.3. The van der Waals surface area contributed by atoms with Crippen LogP contribution in [0.3, 0.4) is 0 Å². The Morgan fingerprint density at radius 1 is 1.32 bits per heavy atom. The quantitative estimate of drug-likeness (QED) is 0.339. The number of halogens is 1. The Morgan fingerprint density at radius 2 is 2.00 bits per heavy atom. The van der Waals surface area contributed by atoms with Crippen molar-refractivity contribution in [3.05, 3.63) is 81.8 Å². The summed E-state index contributed by atoms with van der Waals surface area (Å²) in [6.45, 7) is 3.65. The zero-order valence-electron chi connectivity index (χ0n) is 14.9. The SMILES string of the molecule is Cc1ccc(S(=O)(=O)O)cc1.O=[N+]([O-])C=C1NCCN1Cc1ccc(F)nc1. The molecule has 2 heterocycles. The molecule has 1 aromatic heterocycles. The molecule has 0 saturated carbocycles. The number of pyridine rings is 1. The monoisotopic (exact) mass is 410 g/mol. The van der Waals surface area contributed by atoms with Crippen molar-refractivity contribution >= 4 is 10.1 Å². The van der Waals surface area contributed by atoms with E-state index in [9.17, 15) is 22.9 Å². The number of nitrogens with zero attached hydrogens (tertiary/aromatic N) is 3. The van der Waals surface area contributed by atoms with Gasteiger partial charge in [0.15, 0.2) is 5.82 Å². The first-order valence-electron chi connectivity index (χ1n) is 8.14. The third-order valence-corrected chi connectivity index (χ3v) is 4.61. The summed E-state index contributed by atoms with van der Waals surface area (Å²) in [5.41, 5.74) is 1.77. The molecule has 0 aliphatic carbocycles. The van der Waals surface area contributed by atoms with Crippen LogP contribution in [0.2, 0.25) is 0 Å². The van der Waals surface area contributed by atoms with E-state index in [1.165, 1.54) is 24.4 Å². The minimum Gasteiger partial charge on any atom is -0.365 e. The average molecular weight is 410 g/mol. The Morgan fingerprint density at radius 3 is 2.54 bits per heavy atom. The van der Waals surface area contributed by atoms with Crippen molar-refractivity contribution in [1.29, 1.82) is 0 Å². The average Bonchev–Trinajstić information content (AvgIpc) is 3.03. The standard InChI is InChI=1S/C10H11FN4O2.C7H8O3S/c11-9-2-1-8(5-13-9)6-14-4-3-12-10(14)7-15(16)17;1-6-2-4-7(5-3-6)11(8,9)10/h1-2,5,7,12H,3-4,6H2;2-5H,1H3,(H,8,9,10). The molecule has 9 nitrogen and oxygen atoms in total. The Labute approximate surface area is 161 Å². The van der Waals surface area contributed by atoms with Crippen LogP contribution in [0.25, 0.3) is 0 Å². The molecule has 0 spiro atoms. The van der Waals surface area contributed by atoms with Crippen molar-refractivity contribution in [3.8, 4) is 0 Å². The Balaban J connectivity index is 0.000000221. The number of benzene rings is 1. The normalized spacial score (nSPS) is 15.0. The summed E-state index contributed by atoms with van der Waals surface area (Å²) in [5.74, 6) is -0.0614. The number of nitro groups is 1. The van der Waals surface area contributed by atoms with Gasteiger partial charge in [-0.3, -0.25) is 14.7 Å². The first-order valence-corrected chi connectivity index (χ1v) is 9.58. The zero-order chi connectivity index (χ0) is 20.7. The van der Waals surface area contributed by atoms with Crippen molar-refractivity contribution in [1.82, 2.24) is 15.2 Å². The number of aryl methyl sites for hydroxylation is 1. The van der Waals surface area contributed by atoms with Crippen LogP contribution in [-0.4, -0.2) is 40.9 Å². The molecule has 1 saturated heterocycles. The second-order valence-corrected chi connectivity index (χ2v) is 7.35. The molecular formula is C17H19FN4O5S. The fraction of sp³-hybridized carbons (Fsp3) is 0.235. The number of aromatic nitrogens is 1. The number of nitrogens with one attached hydrogen (secondary N) is 1. The molecule has 1 fully saturated rings. The van der Waals surface area contributed by atoms with Gasteiger partial charge in [0.05, 0.1) is 9.82 Å². The fourth-order valence-corrected chi connectivity index (χ4v) is 2.85. The van der Waals surface area contributed by atoms with E-state index in [0.29, 0.717) is 25.5 Å². The van der Waals surface area contributed by atoms with E-state index in [1.54, 1.807) is 18.2 Å². The maximum Gasteiger partial charge on any atom is 0.294 e. The maximum absolute atomic E-state index is 12.6. The lowest BCUT2D eigenvalue weighted by Gasteiger charge is -2.16. The number of hydrogen-bond acceptors (Lipinski definition) is 7. The molecule has 0 unspecified atom stereocenters. The Kier molecular flexibility index (Phi) is 7.01. The molecule has 1 aliphatic rings. The Hall–Kier alpha value is -3.05. The van der Waals surface area contributed by atoms with Crippen molar-refractivity contribution < 1.29 is 22.3 Å². The van der Waals surface area contributed by atoms with E-state index in [2.05, 4.69) is 10.3 Å². The van der Waals surface area contributed by atoms with Gasteiger partial charge in [-0.25, -0.2) is 4.98 Å². The van der Waals surface area contributed by atoms with E-state index in [1.807, 2.05) is 11.8 Å². The van der Waals surface area contributed by atoms with Crippen LogP contribution in [0.5, 0.6) is 0 Å². The lowest BCUT2D eigenvalue weighted by Crippen LogP contribution is -2.20. The lowest BCUT2D eigenvalue weighted by molar-refractivity contribution is -0.404. The predicted octanol–water partition coefficient (Wildman–Crippen LogP) is 1.94. The molecule has 3 rings (SSSR count). The third kappa shape index (κ3) is 6.59. The molecule has 0 bridgehead atoms. The zero-order valence-corrected chi connectivity index (χ0v) is 15.8. The smallest absolute Gasteiger partial charge is 0.294 e. The molecule has 0 atom stereocenters. The van der Waals surface area contributed by atoms with Gasteiger partial charge >= 0.3 is 0 Å². The first-order chi connectivity index (χ1) is 13.1. The molecule has 11 heteroatoms. The molecule has 2 N–H and O–H groups in total. The molecule has 0 radical (unpaired) electrons. The number of rotatable bonds is 4. The molecule has 1 aromatic carbocycles. The van der Waals surface area contributed by atoms with Gasteiger partial charge in [-0.05, 0) is 30.7 Å². The van der Waals surface area contributed by atoms with Gasteiger partial charge in [0.25, 0.3) is 16.3 Å². The van der Waals surface area contributed by atoms with Crippen molar-refractivity contribution in [2.75, 3.05) is 13.1 Å². The summed E-state index contributed by atoms with van der Waals surface area (Å²) in [4.78, 5) is 15.2. The second-order valence-electron chi connectivity index (χ2n) is 5.93. The summed E-state index contributed by atoms with van der Waals surface area (Å²) in [6.07, 6.45) is 2.36. The van der Waals surface area contributed by atoms with Gasteiger partial charge in [0.2, 0.25) is 5.95 Å². The molecule has 0 amide bonds. The molecule has 150 valence electrons. The summed E-state index contributed by atoms with van der Waals surface area (Å²) in [6, 6.07) is 8.88. The minimum atomic E-state index is -4.02. The van der Waals surface area contributed by atoms with E-state index < -0.39 is 21.0 Å². The summed E-state index contributed by atoms with van der Waals surface area (Å²) < 4.78 is 42.2. The highest BCUT2D eigenvalue weighted by Crippen LogP contribution is 2.12. The Bertz CT molecular complexity index is 947. The van der Waals surface area contributed by atoms with E-state index >= 15 is 0 Å². The van der Waals surface area contributed by atoms with Crippen LogP contribution in [0, 0.1) is 23.0 Å². The van der Waals surface area contributed by atoms with Crippen molar-refractivity contribution in [3.63, 3.8) is 0 Å². The van der Waals surface area contributed by atoms with Crippen molar-refractivity contribution in [2.24, 2.45) is 0 Å². The highest BCUT2D eigenvalue weighted by Gasteiger charge is 2.19. The molecule has 1 aliphatic heterocycles. The largest absolute Gasteiger partial charge is 0.365 e. The lowest BCUT2D eigenvalue weighted by atomic mass is 10.2. The summed E-state index contributed by atoms with van der Waals surface area (Å²) in [7, 11) is -4.02. The van der Waals surface area contributed by atoms with Crippen LogP contribution in [0.4, 0.5) is 4.39 Å². The van der Waals surface area contributed by atoms with Gasteiger partial charge in [-0.1, -0.05) is 23.8 Å². The van der Waals surface area contributed by atoms with Gasteiger partial charge in [-0.2, -0.15) is 12.8 Å². The van der Waals surface area contributed by atoms with Crippen LogP contribution in [0.15, 0.2) is 59.5 Å². The summed E-state index contributed by atoms with van der Waals surface area (Å²) in [5, 5.41) is 13.3. The highest BCUT2D eigenvalue weighted by molar-refractivity contribution is 7.85. The van der Waals surface area contributed by atoms with Crippen LogP contribution in [-0.2, 0) is 16.7 Å². The molecule has 2 aromatic rings. The van der Waals surface area contributed by atoms with Crippen LogP contribution >= 0.6 is 0 Å². The molecule has 28 heavy (non-hydrogen) atoms. The topological polar surface area (TPSA) is 126 Å². The van der Waals surface area contributed by atoms with Crippen LogP contribution < -0.4 is 5.32 Å². The summed E-state index contributed by atoms with van der Waals surface area (Å²) >= 11 is 0. The maximum atomic E-state index is 12.6.